The summed E-state index contributed by atoms with van der Waals surface area (Å²) in [4.78, 5) is 13.1. The van der Waals surface area contributed by atoms with E-state index in [-0.39, 0.29) is 18.5 Å². The van der Waals surface area contributed by atoms with Crippen molar-refractivity contribution in [3.05, 3.63) is 22.7 Å². The second-order valence-corrected chi connectivity index (χ2v) is 5.06. The van der Waals surface area contributed by atoms with E-state index in [4.69, 9.17) is 32.5 Å². The molecule has 0 aliphatic rings. The number of hydrogen-bond acceptors (Lipinski definition) is 4. The van der Waals surface area contributed by atoms with Crippen LogP contribution in [0, 0.1) is 0 Å². The van der Waals surface area contributed by atoms with Crippen molar-refractivity contribution in [2.24, 2.45) is 16.6 Å². The Morgan fingerprint density at radius 3 is 2.65 bits per heavy atom. The molecule has 1 amide bonds. The maximum absolute atomic E-state index is 11.6. The molecule has 0 spiro atoms. The lowest BCUT2D eigenvalue weighted by atomic mass is 10.2. The molecule has 0 heterocycles. The van der Waals surface area contributed by atoms with E-state index >= 15 is 0 Å². The average molecular weight is 343 g/mol. The van der Waals surface area contributed by atoms with Gasteiger partial charge in [0.05, 0.1) is 11.6 Å². The molecule has 0 aromatic heterocycles. The Balaban J connectivity index is 3.04. The summed E-state index contributed by atoms with van der Waals surface area (Å²) >= 11 is 6.21. The van der Waals surface area contributed by atoms with Crippen molar-refractivity contribution in [3.8, 4) is 11.5 Å². The molecule has 0 atom stereocenters. The van der Waals surface area contributed by atoms with Crippen LogP contribution in [-0.4, -0.2) is 50.3 Å². The molecular formula is C14H21ClN5O3+. The number of benzene rings is 1. The Labute approximate surface area is 139 Å². The van der Waals surface area contributed by atoms with Gasteiger partial charge in [-0.3, -0.25) is 4.79 Å². The zero-order chi connectivity index (χ0) is 17.4. The molecule has 0 saturated heterocycles. The smallest absolute Gasteiger partial charge is 0.259 e. The monoisotopic (exact) mass is 342 g/mol. The summed E-state index contributed by atoms with van der Waals surface area (Å²) in [6.07, 6.45) is 1.54. The molecule has 0 saturated carbocycles. The van der Waals surface area contributed by atoms with Crippen molar-refractivity contribution in [2.75, 3.05) is 27.3 Å². The Bertz CT molecular complexity index is 613. The van der Waals surface area contributed by atoms with E-state index in [9.17, 15) is 4.79 Å². The van der Waals surface area contributed by atoms with Crippen molar-refractivity contribution in [1.82, 2.24) is 4.90 Å². The molecule has 126 valence electrons. The lowest BCUT2D eigenvalue weighted by Crippen LogP contribution is -2.63. The quantitative estimate of drug-likeness (QED) is 0.330. The number of carbonyl (C=O) groups is 1. The highest BCUT2D eigenvalue weighted by Crippen LogP contribution is 2.36. The van der Waals surface area contributed by atoms with Gasteiger partial charge >= 0.3 is 0 Å². The van der Waals surface area contributed by atoms with Gasteiger partial charge in [0.25, 0.3) is 11.9 Å². The molecule has 1 aromatic carbocycles. The van der Waals surface area contributed by atoms with Crippen LogP contribution in [0.1, 0.15) is 12.5 Å². The van der Waals surface area contributed by atoms with E-state index in [1.165, 1.54) is 4.90 Å². The minimum Gasteiger partial charge on any atom is -0.490 e. The Morgan fingerprint density at radius 2 is 2.09 bits per heavy atom. The number of hydrazone groups is 1. The molecule has 0 aliphatic heterocycles. The van der Waals surface area contributed by atoms with Gasteiger partial charge in [-0.2, -0.15) is 0 Å². The van der Waals surface area contributed by atoms with Gasteiger partial charge in [-0.25, -0.2) is 0 Å². The van der Waals surface area contributed by atoms with Crippen LogP contribution in [0.15, 0.2) is 17.2 Å². The van der Waals surface area contributed by atoms with Gasteiger partial charge in [-0.05, 0) is 19.1 Å². The first-order chi connectivity index (χ1) is 10.8. The Morgan fingerprint density at radius 1 is 1.39 bits per heavy atom. The number of rotatable bonds is 7. The fourth-order valence-electron chi connectivity index (χ4n) is 1.52. The molecule has 0 radical (unpaired) electrons. The maximum atomic E-state index is 11.6. The molecule has 1 aromatic rings. The van der Waals surface area contributed by atoms with Gasteiger partial charge in [0.1, 0.15) is 0 Å². The molecule has 8 nitrogen and oxygen atoms in total. The molecule has 0 bridgehead atoms. The van der Waals surface area contributed by atoms with Crippen LogP contribution < -0.4 is 26.0 Å². The zero-order valence-corrected chi connectivity index (χ0v) is 14.1. The first-order valence-corrected chi connectivity index (χ1v) is 7.19. The number of halogens is 1. The molecule has 0 fully saturated rings. The third-order valence-corrected chi connectivity index (χ3v) is 2.88. The fourth-order valence-corrected chi connectivity index (χ4v) is 1.79. The van der Waals surface area contributed by atoms with Crippen molar-refractivity contribution in [1.29, 1.82) is 0 Å². The highest BCUT2D eigenvalue weighted by atomic mass is 35.5. The van der Waals surface area contributed by atoms with Gasteiger partial charge in [-0.15, -0.1) is 5.10 Å². The van der Waals surface area contributed by atoms with E-state index in [0.717, 1.165) is 0 Å². The van der Waals surface area contributed by atoms with Crippen LogP contribution in [0.5, 0.6) is 11.5 Å². The molecule has 0 aliphatic carbocycles. The van der Waals surface area contributed by atoms with Crippen LogP contribution in [0.4, 0.5) is 0 Å². The number of guanidine groups is 1. The van der Waals surface area contributed by atoms with Crippen molar-refractivity contribution < 1.29 is 19.4 Å². The highest BCUT2D eigenvalue weighted by molar-refractivity contribution is 6.32. The zero-order valence-electron chi connectivity index (χ0n) is 13.3. The van der Waals surface area contributed by atoms with Gasteiger partial charge in [0.15, 0.2) is 18.1 Å². The highest BCUT2D eigenvalue weighted by Gasteiger charge is 2.15. The molecule has 0 unspecified atom stereocenters. The lowest BCUT2D eigenvalue weighted by molar-refractivity contribution is -0.456. The van der Waals surface area contributed by atoms with E-state index in [1.54, 1.807) is 32.4 Å². The average Bonchev–Trinajstić information content (AvgIpc) is 2.45. The predicted octanol–water partition coefficient (Wildman–Crippen LogP) is -1.11. The molecule has 5 N–H and O–H groups in total. The minimum atomic E-state index is -0.187. The van der Waals surface area contributed by atoms with Gasteiger partial charge in [-0.1, -0.05) is 11.6 Å². The Hall–Kier alpha value is -2.48. The van der Waals surface area contributed by atoms with Gasteiger partial charge < -0.3 is 25.8 Å². The number of ether oxygens (including phenoxy) is 2. The summed E-state index contributed by atoms with van der Waals surface area (Å²) in [5, 5.41) is 6.51. The summed E-state index contributed by atoms with van der Waals surface area (Å²) in [6, 6.07) is 3.33. The normalized spacial score (nSPS) is 10.4. The van der Waals surface area contributed by atoms with Crippen LogP contribution in [0.3, 0.4) is 0 Å². The topological polar surface area (TPSA) is 117 Å². The van der Waals surface area contributed by atoms with Gasteiger partial charge in [0, 0.05) is 24.8 Å². The molecule has 9 heteroatoms. The predicted molar refractivity (Wildman–Crippen MR) is 88.7 cm³/mol. The number of nitrogens with one attached hydrogen (secondary N) is 1. The minimum absolute atomic E-state index is 0.0977. The maximum Gasteiger partial charge on any atom is 0.259 e. The summed E-state index contributed by atoms with van der Waals surface area (Å²) in [5.41, 5.74) is 11.1. The number of nitrogens with zero attached hydrogens (tertiary/aromatic N) is 2. The molecule has 1 rings (SSSR count). The molecule has 23 heavy (non-hydrogen) atoms. The summed E-state index contributed by atoms with van der Waals surface area (Å²) in [6.45, 7) is 2.11. The number of hydrogen-bond donors (Lipinski definition) is 3. The van der Waals surface area contributed by atoms with Crippen LogP contribution >= 0.6 is 11.6 Å². The number of amides is 1. The number of likely N-dealkylation sites (N-methyl/N-ethyl adjacent to an activating group) is 1. The third kappa shape index (κ3) is 6.03. The van der Waals surface area contributed by atoms with E-state index in [1.807, 2.05) is 6.92 Å². The number of carbonyl (C=O) groups excluding carboxylic acids is 1. The second kappa shape index (κ2) is 8.84. The summed E-state index contributed by atoms with van der Waals surface area (Å²) in [5.74, 6) is 0.445. The summed E-state index contributed by atoms with van der Waals surface area (Å²) < 4.78 is 11.0. The van der Waals surface area contributed by atoms with Crippen molar-refractivity contribution in [2.45, 2.75) is 6.92 Å². The Kier molecular flexibility index (Phi) is 7.14. The van der Waals surface area contributed by atoms with Crippen LogP contribution in [-0.2, 0) is 4.79 Å². The number of nitrogens with two attached hydrogens (primary N) is 2. The van der Waals surface area contributed by atoms with Crippen LogP contribution in [0.25, 0.3) is 0 Å². The largest absolute Gasteiger partial charge is 0.490 e. The van der Waals surface area contributed by atoms with Crippen LogP contribution in [0.2, 0.25) is 5.02 Å². The second-order valence-electron chi connectivity index (χ2n) is 4.65. The van der Waals surface area contributed by atoms with E-state index in [2.05, 4.69) is 10.2 Å². The van der Waals surface area contributed by atoms with Crippen molar-refractivity contribution >= 4 is 29.7 Å². The lowest BCUT2D eigenvalue weighted by Gasteiger charge is -2.15. The van der Waals surface area contributed by atoms with E-state index < -0.39 is 0 Å². The standard InChI is InChI=1S/C14H20ClN5O3/c1-4-22-11-6-9(7-18-19-14(16)17)5-10(15)13(11)23-8-12(21)20(2)3/h5-7H,4,8H2,1-3H3,(H4,16,17,19)/p+1/b18-7-. The SMILES string of the molecule is CCOc1cc(/C=[NH+]\N=C(N)N)cc(Cl)c1OCC(=O)N(C)C. The molecular weight excluding hydrogens is 322 g/mol. The summed E-state index contributed by atoms with van der Waals surface area (Å²) in [7, 11) is 3.29. The van der Waals surface area contributed by atoms with Crippen molar-refractivity contribution in [3.63, 3.8) is 0 Å². The first-order valence-electron chi connectivity index (χ1n) is 6.81. The fraction of sp³-hybridized carbons (Fsp3) is 0.357. The van der Waals surface area contributed by atoms with E-state index in [0.29, 0.717) is 28.7 Å². The third-order valence-electron chi connectivity index (χ3n) is 2.60. The van der Waals surface area contributed by atoms with Gasteiger partial charge in [0.2, 0.25) is 6.21 Å². The first kappa shape index (κ1) is 18.6.